The summed E-state index contributed by atoms with van der Waals surface area (Å²) in [6.07, 6.45) is 1.63. The first kappa shape index (κ1) is 14.4. The minimum absolute atomic E-state index is 0.115. The molecule has 0 saturated carbocycles. The molecule has 2 heterocycles. The molecule has 0 atom stereocenters. The van der Waals surface area contributed by atoms with E-state index in [0.29, 0.717) is 23.4 Å². The highest BCUT2D eigenvalue weighted by atomic mass is 16.1. The zero-order valence-electron chi connectivity index (χ0n) is 12.7. The van der Waals surface area contributed by atoms with Crippen LogP contribution in [0.2, 0.25) is 0 Å². The van der Waals surface area contributed by atoms with Gasteiger partial charge in [0.2, 0.25) is 0 Å². The van der Waals surface area contributed by atoms with Crippen LogP contribution < -0.4 is 11.3 Å². The van der Waals surface area contributed by atoms with Gasteiger partial charge in [0, 0.05) is 6.20 Å². The average Bonchev–Trinajstić information content (AvgIpc) is 2.50. The second-order valence-corrected chi connectivity index (χ2v) is 5.91. The van der Waals surface area contributed by atoms with Gasteiger partial charge in [-0.3, -0.25) is 9.36 Å². The molecule has 0 aliphatic heterocycles. The number of nitrogens with zero attached hydrogens (tertiary/aromatic N) is 3. The average molecular weight is 294 g/mol. The second kappa shape index (κ2) is 5.35. The molecule has 0 bridgehead atoms. The van der Waals surface area contributed by atoms with Gasteiger partial charge in [0.15, 0.2) is 5.65 Å². The zero-order chi connectivity index (χ0) is 15.7. The molecule has 0 fully saturated rings. The van der Waals surface area contributed by atoms with Crippen LogP contribution in [0.4, 0.5) is 0 Å². The molecular formula is C17H18N4O. The summed E-state index contributed by atoms with van der Waals surface area (Å²) in [6.45, 7) is 4.11. The van der Waals surface area contributed by atoms with Gasteiger partial charge in [-0.15, -0.1) is 0 Å². The molecule has 2 aromatic heterocycles. The van der Waals surface area contributed by atoms with Crippen molar-refractivity contribution in [2.24, 2.45) is 5.73 Å². The minimum Gasteiger partial charge on any atom is -0.319 e. The van der Waals surface area contributed by atoms with Crippen molar-refractivity contribution in [3.63, 3.8) is 0 Å². The zero-order valence-corrected chi connectivity index (χ0v) is 12.7. The molecular weight excluding hydrogens is 276 g/mol. The fraction of sp³-hybridized carbons (Fsp3) is 0.235. The van der Waals surface area contributed by atoms with Gasteiger partial charge in [-0.1, -0.05) is 30.3 Å². The molecule has 5 heteroatoms. The Morgan fingerprint density at radius 1 is 1.14 bits per heavy atom. The Hall–Kier alpha value is -2.53. The molecule has 1 aromatic carbocycles. The van der Waals surface area contributed by atoms with E-state index >= 15 is 0 Å². The van der Waals surface area contributed by atoms with E-state index in [4.69, 9.17) is 5.73 Å². The first-order valence-corrected chi connectivity index (χ1v) is 7.15. The first-order valence-electron chi connectivity index (χ1n) is 7.15. The summed E-state index contributed by atoms with van der Waals surface area (Å²) in [4.78, 5) is 21.5. The van der Waals surface area contributed by atoms with Crippen molar-refractivity contribution in [3.05, 3.63) is 70.4 Å². The number of pyridine rings is 1. The number of nitrogens with two attached hydrogens (primary N) is 1. The van der Waals surface area contributed by atoms with E-state index in [-0.39, 0.29) is 5.56 Å². The molecule has 2 N–H and O–H groups in total. The maximum absolute atomic E-state index is 12.8. The monoisotopic (exact) mass is 294 g/mol. The number of benzene rings is 1. The van der Waals surface area contributed by atoms with E-state index in [2.05, 4.69) is 9.97 Å². The highest BCUT2D eigenvalue weighted by Gasteiger charge is 2.23. The smallest absolute Gasteiger partial charge is 0.263 e. The molecule has 3 aromatic rings. The molecule has 0 unspecified atom stereocenters. The Morgan fingerprint density at radius 3 is 2.55 bits per heavy atom. The number of aromatic nitrogens is 3. The SMILES string of the molecule is CC(C)(N)c1nc2ncccc2c(=O)n1Cc1ccccc1. The third kappa shape index (κ3) is 2.63. The Balaban J connectivity index is 2.26. The topological polar surface area (TPSA) is 73.8 Å². The van der Waals surface area contributed by atoms with Gasteiger partial charge in [0.05, 0.1) is 17.5 Å². The fourth-order valence-electron chi connectivity index (χ4n) is 2.46. The number of hydrogen-bond donors (Lipinski definition) is 1. The van der Waals surface area contributed by atoms with Crippen LogP contribution in [0.25, 0.3) is 11.0 Å². The quantitative estimate of drug-likeness (QED) is 0.802. The maximum Gasteiger partial charge on any atom is 0.263 e. The lowest BCUT2D eigenvalue weighted by molar-refractivity contribution is 0.472. The summed E-state index contributed by atoms with van der Waals surface area (Å²) < 4.78 is 1.64. The molecule has 0 amide bonds. The molecule has 0 aliphatic carbocycles. The summed E-state index contributed by atoms with van der Waals surface area (Å²) in [5.41, 5.74) is 6.83. The van der Waals surface area contributed by atoms with Crippen LogP contribution in [0.1, 0.15) is 25.2 Å². The van der Waals surface area contributed by atoms with Gasteiger partial charge in [-0.05, 0) is 31.5 Å². The normalized spacial score (nSPS) is 11.8. The molecule has 0 spiro atoms. The number of rotatable bonds is 3. The molecule has 3 rings (SSSR count). The van der Waals surface area contributed by atoms with Gasteiger partial charge in [0.25, 0.3) is 5.56 Å². The summed E-state index contributed by atoms with van der Waals surface area (Å²) in [7, 11) is 0. The second-order valence-electron chi connectivity index (χ2n) is 5.91. The van der Waals surface area contributed by atoms with Crippen molar-refractivity contribution in [2.75, 3.05) is 0 Å². The van der Waals surface area contributed by atoms with Crippen molar-refractivity contribution >= 4 is 11.0 Å². The highest BCUT2D eigenvalue weighted by Crippen LogP contribution is 2.17. The van der Waals surface area contributed by atoms with E-state index < -0.39 is 5.54 Å². The molecule has 0 saturated heterocycles. The van der Waals surface area contributed by atoms with Crippen LogP contribution in [0.5, 0.6) is 0 Å². The van der Waals surface area contributed by atoms with Crippen molar-refractivity contribution < 1.29 is 0 Å². The van der Waals surface area contributed by atoms with E-state index in [9.17, 15) is 4.79 Å². The lowest BCUT2D eigenvalue weighted by atomic mass is 10.1. The number of hydrogen-bond acceptors (Lipinski definition) is 4. The Bertz CT molecular complexity index is 863. The van der Waals surface area contributed by atoms with Crippen molar-refractivity contribution in [1.82, 2.24) is 14.5 Å². The van der Waals surface area contributed by atoms with E-state index in [1.807, 2.05) is 44.2 Å². The van der Waals surface area contributed by atoms with Crippen LogP contribution in [-0.2, 0) is 12.1 Å². The summed E-state index contributed by atoms with van der Waals surface area (Å²) in [5, 5.41) is 0.506. The Labute approximate surface area is 128 Å². The summed E-state index contributed by atoms with van der Waals surface area (Å²) in [6, 6.07) is 13.3. The Morgan fingerprint density at radius 2 is 1.86 bits per heavy atom. The van der Waals surface area contributed by atoms with Crippen LogP contribution >= 0.6 is 0 Å². The van der Waals surface area contributed by atoms with Crippen LogP contribution in [-0.4, -0.2) is 14.5 Å². The third-order valence-electron chi connectivity index (χ3n) is 3.49. The fourth-order valence-corrected chi connectivity index (χ4v) is 2.46. The lowest BCUT2D eigenvalue weighted by Crippen LogP contribution is -2.39. The van der Waals surface area contributed by atoms with Gasteiger partial charge < -0.3 is 5.73 Å². The first-order chi connectivity index (χ1) is 10.5. The van der Waals surface area contributed by atoms with E-state index in [0.717, 1.165) is 5.56 Å². The van der Waals surface area contributed by atoms with Crippen LogP contribution in [0, 0.1) is 0 Å². The van der Waals surface area contributed by atoms with E-state index in [1.54, 1.807) is 22.9 Å². The van der Waals surface area contributed by atoms with Crippen molar-refractivity contribution in [1.29, 1.82) is 0 Å². The highest BCUT2D eigenvalue weighted by molar-refractivity contribution is 5.73. The van der Waals surface area contributed by atoms with Gasteiger partial charge >= 0.3 is 0 Å². The van der Waals surface area contributed by atoms with Crippen LogP contribution in [0.15, 0.2) is 53.5 Å². The summed E-state index contributed by atoms with van der Waals surface area (Å²) in [5.74, 6) is 0.535. The molecule has 0 radical (unpaired) electrons. The van der Waals surface area contributed by atoms with Gasteiger partial charge in [-0.2, -0.15) is 0 Å². The number of fused-ring (bicyclic) bond motifs is 1. The van der Waals surface area contributed by atoms with Gasteiger partial charge in [-0.25, -0.2) is 9.97 Å². The van der Waals surface area contributed by atoms with Crippen molar-refractivity contribution in [3.8, 4) is 0 Å². The van der Waals surface area contributed by atoms with Gasteiger partial charge in [0.1, 0.15) is 5.82 Å². The Kier molecular flexibility index (Phi) is 3.50. The van der Waals surface area contributed by atoms with Crippen LogP contribution in [0.3, 0.4) is 0 Å². The molecule has 112 valence electrons. The van der Waals surface area contributed by atoms with E-state index in [1.165, 1.54) is 0 Å². The maximum atomic E-state index is 12.8. The molecule has 0 aliphatic rings. The third-order valence-corrected chi connectivity index (χ3v) is 3.49. The predicted octanol–water partition coefficient (Wildman–Crippen LogP) is 2.03. The largest absolute Gasteiger partial charge is 0.319 e. The minimum atomic E-state index is -0.736. The van der Waals surface area contributed by atoms with Crippen molar-refractivity contribution in [2.45, 2.75) is 25.9 Å². The summed E-state index contributed by atoms with van der Waals surface area (Å²) >= 11 is 0. The standard InChI is InChI=1S/C17H18N4O/c1-17(2,18)16-20-14-13(9-6-10-19-14)15(22)21(16)11-12-7-4-3-5-8-12/h3-10H,11,18H2,1-2H3. The molecule has 5 nitrogen and oxygen atoms in total. The predicted molar refractivity (Wildman–Crippen MR) is 86.6 cm³/mol. The lowest BCUT2D eigenvalue weighted by Gasteiger charge is -2.23. The molecule has 22 heavy (non-hydrogen) atoms.